The Bertz CT molecular complexity index is 522. The highest BCUT2D eigenvalue weighted by Crippen LogP contribution is 2.43. The van der Waals surface area contributed by atoms with Crippen LogP contribution in [0.2, 0.25) is 0 Å². The molecule has 4 nitrogen and oxygen atoms in total. The van der Waals surface area contributed by atoms with E-state index in [0.717, 1.165) is 6.42 Å². The Labute approximate surface area is 126 Å². The highest BCUT2D eigenvalue weighted by Gasteiger charge is 2.37. The summed E-state index contributed by atoms with van der Waals surface area (Å²) in [6.07, 6.45) is 1.36. The first-order valence-electron chi connectivity index (χ1n) is 7.36. The molecule has 0 aromatic heterocycles. The van der Waals surface area contributed by atoms with Crippen molar-refractivity contribution in [2.45, 2.75) is 44.5 Å². The van der Waals surface area contributed by atoms with Crippen molar-refractivity contribution in [1.82, 2.24) is 0 Å². The third-order valence-electron chi connectivity index (χ3n) is 3.58. The topological polar surface area (TPSA) is 52.6 Å². The number of rotatable bonds is 6. The summed E-state index contributed by atoms with van der Waals surface area (Å²) in [7, 11) is -2.55. The molecule has 0 amide bonds. The minimum Gasteiger partial charge on any atom is -0.372 e. The highest BCUT2D eigenvalue weighted by atomic mass is 31.2. The van der Waals surface area contributed by atoms with Gasteiger partial charge in [-0.15, -0.1) is 0 Å². The summed E-state index contributed by atoms with van der Waals surface area (Å²) in [5, 5.41) is 0. The Kier molecular flexibility index (Phi) is 5.37. The number of hydrogen-bond acceptors (Lipinski definition) is 4. The fraction of sp³-hybridized carbons (Fsp3) is 0.562. The van der Waals surface area contributed by atoms with Gasteiger partial charge < -0.3 is 9.26 Å². The molecule has 0 unspecified atom stereocenters. The zero-order valence-corrected chi connectivity index (χ0v) is 13.7. The predicted molar refractivity (Wildman–Crippen MR) is 83.3 cm³/mol. The van der Waals surface area contributed by atoms with E-state index in [1.807, 2.05) is 37.3 Å². The standard InChI is InChI=1S/C16H23O4P/c1-4-15-16(20-21(2,3)18)11-13(19-15)10-14(17)12-8-6-5-7-9-12/h5-9,13,15-16H,4,10-11H2,1-3H3/t13-,15+,16-/m0/s1. The lowest BCUT2D eigenvalue weighted by Gasteiger charge is -2.19. The molecule has 0 bridgehead atoms. The molecule has 116 valence electrons. The second kappa shape index (κ2) is 6.87. The molecule has 0 radical (unpaired) electrons. The second-order valence-electron chi connectivity index (χ2n) is 5.83. The van der Waals surface area contributed by atoms with E-state index in [-0.39, 0.29) is 24.1 Å². The van der Waals surface area contributed by atoms with Crippen LogP contribution >= 0.6 is 7.37 Å². The van der Waals surface area contributed by atoms with Crippen LogP contribution in [0, 0.1) is 0 Å². The Morgan fingerprint density at radius 2 is 2.00 bits per heavy atom. The third-order valence-corrected chi connectivity index (χ3v) is 4.36. The van der Waals surface area contributed by atoms with Gasteiger partial charge in [0.25, 0.3) is 0 Å². The molecule has 0 spiro atoms. The molecule has 21 heavy (non-hydrogen) atoms. The summed E-state index contributed by atoms with van der Waals surface area (Å²) in [5.41, 5.74) is 0.704. The van der Waals surface area contributed by atoms with Crippen LogP contribution in [-0.2, 0) is 13.8 Å². The van der Waals surface area contributed by atoms with Gasteiger partial charge in [-0.2, -0.15) is 0 Å². The molecule has 1 heterocycles. The number of ketones is 1. The van der Waals surface area contributed by atoms with Gasteiger partial charge in [0.1, 0.15) is 0 Å². The van der Waals surface area contributed by atoms with Gasteiger partial charge >= 0.3 is 0 Å². The average molecular weight is 310 g/mol. The van der Waals surface area contributed by atoms with E-state index in [2.05, 4.69) is 0 Å². The molecule has 0 saturated carbocycles. The molecule has 1 aromatic rings. The van der Waals surface area contributed by atoms with Gasteiger partial charge in [-0.05, 0) is 6.42 Å². The molecular weight excluding hydrogens is 287 g/mol. The van der Waals surface area contributed by atoms with Crippen LogP contribution in [0.1, 0.15) is 36.5 Å². The first-order valence-corrected chi connectivity index (χ1v) is 9.88. The zero-order valence-electron chi connectivity index (χ0n) is 12.8. The van der Waals surface area contributed by atoms with Crippen molar-refractivity contribution in [2.75, 3.05) is 13.3 Å². The van der Waals surface area contributed by atoms with Gasteiger partial charge in [-0.25, -0.2) is 0 Å². The maximum atomic E-state index is 12.2. The summed E-state index contributed by atoms with van der Waals surface area (Å²) in [4.78, 5) is 12.2. The number of carbonyl (C=O) groups is 1. The Morgan fingerprint density at radius 1 is 1.33 bits per heavy atom. The molecule has 0 N–H and O–H groups in total. The maximum Gasteiger partial charge on any atom is 0.197 e. The molecule has 1 aliphatic rings. The Morgan fingerprint density at radius 3 is 2.57 bits per heavy atom. The average Bonchev–Trinajstić information content (AvgIpc) is 2.79. The minimum absolute atomic E-state index is 0.0762. The summed E-state index contributed by atoms with van der Waals surface area (Å²) in [6, 6.07) is 9.23. The molecule has 5 heteroatoms. The van der Waals surface area contributed by atoms with E-state index < -0.39 is 7.37 Å². The van der Waals surface area contributed by atoms with Gasteiger partial charge in [0.2, 0.25) is 0 Å². The SMILES string of the molecule is CC[C@H]1O[C@@H](CC(=O)c2ccccc2)C[C@@H]1OP(C)(C)=O. The molecular formula is C16H23O4P. The summed E-state index contributed by atoms with van der Waals surface area (Å²) >= 11 is 0. The molecule has 3 atom stereocenters. The lowest BCUT2D eigenvalue weighted by atomic mass is 10.0. The van der Waals surface area contributed by atoms with Crippen LogP contribution in [0.25, 0.3) is 0 Å². The van der Waals surface area contributed by atoms with Crippen LogP contribution in [0.4, 0.5) is 0 Å². The minimum atomic E-state index is -2.55. The quantitative estimate of drug-likeness (QED) is 0.593. The van der Waals surface area contributed by atoms with Gasteiger partial charge in [-0.1, -0.05) is 37.3 Å². The van der Waals surface area contributed by atoms with Crippen LogP contribution in [0.3, 0.4) is 0 Å². The van der Waals surface area contributed by atoms with Crippen LogP contribution in [0.15, 0.2) is 30.3 Å². The lowest BCUT2D eigenvalue weighted by molar-refractivity contribution is 0.0138. The number of carbonyl (C=O) groups excluding carboxylic acids is 1. The molecule has 1 fully saturated rings. The zero-order chi connectivity index (χ0) is 15.5. The van der Waals surface area contributed by atoms with Gasteiger partial charge in [-0.3, -0.25) is 9.36 Å². The van der Waals surface area contributed by atoms with E-state index in [9.17, 15) is 9.36 Å². The van der Waals surface area contributed by atoms with Gasteiger partial charge in [0.15, 0.2) is 13.2 Å². The monoisotopic (exact) mass is 310 g/mol. The first-order chi connectivity index (χ1) is 9.89. The number of hydrogen-bond donors (Lipinski definition) is 0. The summed E-state index contributed by atoms with van der Waals surface area (Å²) in [5.74, 6) is 0.0762. The Balaban J connectivity index is 1.96. The molecule has 1 aliphatic heterocycles. The van der Waals surface area contributed by atoms with Crippen molar-refractivity contribution in [1.29, 1.82) is 0 Å². The van der Waals surface area contributed by atoms with E-state index in [1.54, 1.807) is 13.3 Å². The lowest BCUT2D eigenvalue weighted by Crippen LogP contribution is -2.22. The maximum absolute atomic E-state index is 12.2. The largest absolute Gasteiger partial charge is 0.372 e. The van der Waals surface area contributed by atoms with E-state index in [4.69, 9.17) is 9.26 Å². The van der Waals surface area contributed by atoms with Gasteiger partial charge in [0, 0.05) is 31.7 Å². The van der Waals surface area contributed by atoms with Crippen LogP contribution in [-0.4, -0.2) is 37.4 Å². The number of benzene rings is 1. The van der Waals surface area contributed by atoms with Crippen molar-refractivity contribution >= 4 is 13.2 Å². The number of ether oxygens (including phenoxy) is 1. The van der Waals surface area contributed by atoms with Crippen LogP contribution < -0.4 is 0 Å². The summed E-state index contributed by atoms with van der Waals surface area (Å²) < 4.78 is 23.4. The smallest absolute Gasteiger partial charge is 0.197 e. The second-order valence-corrected chi connectivity index (χ2v) is 8.54. The molecule has 1 aromatic carbocycles. The van der Waals surface area contributed by atoms with Crippen molar-refractivity contribution < 1.29 is 18.6 Å². The predicted octanol–water partition coefficient (Wildman–Crippen LogP) is 3.75. The fourth-order valence-electron chi connectivity index (χ4n) is 2.68. The van der Waals surface area contributed by atoms with Crippen molar-refractivity contribution in [3.63, 3.8) is 0 Å². The van der Waals surface area contributed by atoms with E-state index in [1.165, 1.54) is 0 Å². The fourth-order valence-corrected chi connectivity index (χ4v) is 3.55. The molecule has 1 saturated heterocycles. The van der Waals surface area contributed by atoms with Gasteiger partial charge in [0.05, 0.1) is 18.3 Å². The number of Topliss-reactive ketones (excluding diaryl/α,β-unsaturated/α-hetero) is 1. The molecule has 0 aliphatic carbocycles. The third kappa shape index (κ3) is 4.77. The highest BCUT2D eigenvalue weighted by molar-refractivity contribution is 7.57. The van der Waals surface area contributed by atoms with Crippen molar-refractivity contribution in [3.05, 3.63) is 35.9 Å². The summed E-state index contributed by atoms with van der Waals surface area (Å²) in [6.45, 7) is 5.24. The van der Waals surface area contributed by atoms with E-state index in [0.29, 0.717) is 18.4 Å². The van der Waals surface area contributed by atoms with Crippen LogP contribution in [0.5, 0.6) is 0 Å². The van der Waals surface area contributed by atoms with Crippen molar-refractivity contribution in [3.8, 4) is 0 Å². The van der Waals surface area contributed by atoms with E-state index >= 15 is 0 Å². The van der Waals surface area contributed by atoms with Crippen molar-refractivity contribution in [2.24, 2.45) is 0 Å². The normalized spacial score (nSPS) is 26.0. The Hall–Kier alpha value is -0.960. The first kappa shape index (κ1) is 16.4. The molecule has 2 rings (SSSR count).